The Balaban J connectivity index is 3.25. The number of alkyl halides is 2. The summed E-state index contributed by atoms with van der Waals surface area (Å²) in [7, 11) is 0. The van der Waals surface area contributed by atoms with Crippen molar-refractivity contribution >= 4 is 0 Å². The molecule has 0 saturated carbocycles. The molecule has 0 saturated heterocycles. The van der Waals surface area contributed by atoms with Crippen LogP contribution in [0.15, 0.2) is 0 Å². The second-order valence-corrected chi connectivity index (χ2v) is 3.15. The number of aliphatic hydroxyl groups is 1. The summed E-state index contributed by atoms with van der Waals surface area (Å²) in [6.45, 7) is 3.57. The molecule has 13 heavy (non-hydrogen) atoms. The van der Waals surface area contributed by atoms with Crippen LogP contribution >= 0.6 is 0 Å². The average molecular weight is 197 g/mol. The van der Waals surface area contributed by atoms with Gasteiger partial charge in [-0.3, -0.25) is 0 Å². The molecule has 2 N–H and O–H groups in total. The lowest BCUT2D eigenvalue weighted by Crippen LogP contribution is -2.34. The Kier molecular flexibility index (Phi) is 7.03. The maximum atomic E-state index is 11.6. The van der Waals surface area contributed by atoms with Gasteiger partial charge in [0.15, 0.2) is 0 Å². The highest BCUT2D eigenvalue weighted by molar-refractivity contribution is 4.60. The van der Waals surface area contributed by atoms with Gasteiger partial charge in [-0.1, -0.05) is 13.8 Å². The van der Waals surface area contributed by atoms with Gasteiger partial charge < -0.3 is 15.2 Å². The molecule has 80 valence electrons. The first kappa shape index (κ1) is 12.7. The van der Waals surface area contributed by atoms with Gasteiger partial charge in [0, 0.05) is 12.6 Å². The van der Waals surface area contributed by atoms with Gasteiger partial charge in [-0.15, -0.1) is 0 Å². The minimum absolute atomic E-state index is 0.0515. The van der Waals surface area contributed by atoms with Crippen LogP contribution in [-0.4, -0.2) is 43.4 Å². The highest BCUT2D eigenvalue weighted by Gasteiger charge is 2.07. The van der Waals surface area contributed by atoms with Gasteiger partial charge in [0.05, 0.1) is 12.7 Å². The Morgan fingerprint density at radius 3 is 2.38 bits per heavy atom. The molecule has 1 atom stereocenters. The second kappa shape index (κ2) is 7.17. The fourth-order valence-electron chi connectivity index (χ4n) is 0.724. The molecular weight excluding hydrogens is 180 g/mol. The maximum Gasteiger partial charge on any atom is 0.261 e. The first-order valence-electron chi connectivity index (χ1n) is 4.29. The van der Waals surface area contributed by atoms with E-state index < -0.39 is 19.1 Å². The Bertz CT molecular complexity index is 123. The minimum Gasteiger partial charge on any atom is -0.389 e. The van der Waals surface area contributed by atoms with Gasteiger partial charge >= 0.3 is 0 Å². The quantitative estimate of drug-likeness (QED) is 0.629. The zero-order valence-electron chi connectivity index (χ0n) is 7.96. The molecule has 3 nitrogen and oxygen atoms in total. The van der Waals surface area contributed by atoms with E-state index in [2.05, 4.69) is 10.1 Å². The molecule has 1 unspecified atom stereocenters. The molecule has 0 bridgehead atoms. The van der Waals surface area contributed by atoms with Crippen molar-refractivity contribution in [3.05, 3.63) is 0 Å². The van der Waals surface area contributed by atoms with Crippen LogP contribution in [0.3, 0.4) is 0 Å². The van der Waals surface area contributed by atoms with E-state index in [1.54, 1.807) is 0 Å². The van der Waals surface area contributed by atoms with Crippen LogP contribution in [0.25, 0.3) is 0 Å². The number of nitrogens with one attached hydrogen (secondary N) is 1. The van der Waals surface area contributed by atoms with Crippen LogP contribution in [0.4, 0.5) is 8.78 Å². The summed E-state index contributed by atoms with van der Waals surface area (Å²) in [5.41, 5.74) is 0. The molecule has 0 aliphatic heterocycles. The summed E-state index contributed by atoms with van der Waals surface area (Å²) < 4.78 is 27.7. The predicted octanol–water partition coefficient (Wildman–Crippen LogP) is 0.627. The van der Waals surface area contributed by atoms with Crippen molar-refractivity contribution in [2.45, 2.75) is 32.4 Å². The van der Waals surface area contributed by atoms with E-state index in [4.69, 9.17) is 0 Å². The van der Waals surface area contributed by atoms with E-state index >= 15 is 0 Å². The van der Waals surface area contributed by atoms with E-state index in [0.29, 0.717) is 6.54 Å². The zero-order chi connectivity index (χ0) is 10.3. The summed E-state index contributed by atoms with van der Waals surface area (Å²) in [4.78, 5) is 0. The smallest absolute Gasteiger partial charge is 0.261 e. The van der Waals surface area contributed by atoms with Gasteiger partial charge in [0.25, 0.3) is 6.43 Å². The molecule has 0 aromatic heterocycles. The Hall–Kier alpha value is -0.260. The van der Waals surface area contributed by atoms with Crippen LogP contribution in [0.1, 0.15) is 13.8 Å². The van der Waals surface area contributed by atoms with Crippen molar-refractivity contribution in [3.63, 3.8) is 0 Å². The molecule has 0 rings (SSSR count). The Labute approximate surface area is 77.1 Å². The topological polar surface area (TPSA) is 41.5 Å². The number of rotatable bonds is 7. The van der Waals surface area contributed by atoms with Crippen LogP contribution in [-0.2, 0) is 4.74 Å². The van der Waals surface area contributed by atoms with Crippen molar-refractivity contribution in [2.75, 3.05) is 19.8 Å². The van der Waals surface area contributed by atoms with Crippen LogP contribution < -0.4 is 5.32 Å². The molecule has 0 amide bonds. The number of hydrogen-bond acceptors (Lipinski definition) is 3. The largest absolute Gasteiger partial charge is 0.389 e. The Morgan fingerprint density at radius 2 is 1.92 bits per heavy atom. The lowest BCUT2D eigenvalue weighted by molar-refractivity contribution is -0.0194. The summed E-state index contributed by atoms with van der Waals surface area (Å²) in [5, 5.41) is 12.1. The van der Waals surface area contributed by atoms with E-state index in [0.717, 1.165) is 0 Å². The van der Waals surface area contributed by atoms with Crippen LogP contribution in [0.5, 0.6) is 0 Å². The highest BCUT2D eigenvalue weighted by atomic mass is 19.3. The number of halogens is 2. The van der Waals surface area contributed by atoms with Crippen LogP contribution in [0.2, 0.25) is 0 Å². The van der Waals surface area contributed by atoms with Gasteiger partial charge in [-0.2, -0.15) is 0 Å². The molecule has 0 spiro atoms. The molecule has 0 aliphatic carbocycles. The number of aliphatic hydroxyl groups excluding tert-OH is 1. The standard InChI is InChI=1S/C8H17F2NO2/c1-6(2)11-3-7(12)4-13-5-8(9)10/h6-8,11-12H,3-5H2,1-2H3. The van der Waals surface area contributed by atoms with Gasteiger partial charge in [-0.05, 0) is 0 Å². The third-order valence-corrected chi connectivity index (χ3v) is 1.32. The summed E-state index contributed by atoms with van der Waals surface area (Å²) in [6, 6.07) is 0.268. The van der Waals surface area contributed by atoms with Crippen molar-refractivity contribution in [1.29, 1.82) is 0 Å². The highest BCUT2D eigenvalue weighted by Crippen LogP contribution is 1.93. The summed E-state index contributed by atoms with van der Waals surface area (Å²) in [5.74, 6) is 0. The lowest BCUT2D eigenvalue weighted by Gasteiger charge is -2.13. The van der Waals surface area contributed by atoms with Crippen LogP contribution in [0, 0.1) is 0 Å². The van der Waals surface area contributed by atoms with Gasteiger partial charge in [-0.25, -0.2) is 8.78 Å². The fraction of sp³-hybridized carbons (Fsp3) is 1.00. The second-order valence-electron chi connectivity index (χ2n) is 3.15. The zero-order valence-corrected chi connectivity index (χ0v) is 7.96. The molecule has 0 radical (unpaired) electrons. The molecular formula is C8H17F2NO2. The summed E-state index contributed by atoms with van der Waals surface area (Å²) in [6.07, 6.45) is -3.19. The molecule has 0 fully saturated rings. The van der Waals surface area contributed by atoms with Crippen molar-refractivity contribution in [1.82, 2.24) is 5.32 Å². The molecule has 0 aromatic carbocycles. The monoisotopic (exact) mass is 197 g/mol. The third-order valence-electron chi connectivity index (χ3n) is 1.32. The average Bonchev–Trinajstić information content (AvgIpc) is 2.00. The maximum absolute atomic E-state index is 11.6. The first-order valence-corrected chi connectivity index (χ1v) is 4.29. The number of hydrogen-bond donors (Lipinski definition) is 2. The van der Waals surface area contributed by atoms with E-state index in [-0.39, 0.29) is 12.6 Å². The van der Waals surface area contributed by atoms with E-state index in [1.165, 1.54) is 0 Å². The predicted molar refractivity (Wildman–Crippen MR) is 46.0 cm³/mol. The normalized spacial score (nSPS) is 14.1. The van der Waals surface area contributed by atoms with Gasteiger partial charge in [0.1, 0.15) is 6.61 Å². The molecule has 0 aliphatic rings. The Morgan fingerprint density at radius 1 is 1.31 bits per heavy atom. The number of ether oxygens (including phenoxy) is 1. The first-order chi connectivity index (χ1) is 6.02. The lowest BCUT2D eigenvalue weighted by atomic mass is 10.3. The third kappa shape index (κ3) is 9.66. The van der Waals surface area contributed by atoms with Gasteiger partial charge in [0.2, 0.25) is 0 Å². The summed E-state index contributed by atoms with van der Waals surface area (Å²) >= 11 is 0. The SMILES string of the molecule is CC(C)NCC(O)COCC(F)F. The van der Waals surface area contributed by atoms with E-state index in [9.17, 15) is 13.9 Å². The fourth-order valence-corrected chi connectivity index (χ4v) is 0.724. The van der Waals surface area contributed by atoms with Crippen molar-refractivity contribution in [2.24, 2.45) is 0 Å². The van der Waals surface area contributed by atoms with Crippen molar-refractivity contribution < 1.29 is 18.6 Å². The molecule has 0 aromatic rings. The molecule has 5 heteroatoms. The molecule has 0 heterocycles. The van der Waals surface area contributed by atoms with Crippen molar-refractivity contribution in [3.8, 4) is 0 Å². The van der Waals surface area contributed by atoms with E-state index in [1.807, 2.05) is 13.8 Å². The minimum atomic E-state index is -2.47.